The van der Waals surface area contributed by atoms with Crippen LogP contribution in [0.25, 0.3) is 11.3 Å². The molecule has 0 bridgehead atoms. The normalized spacial score (nSPS) is 20.5. The molecule has 4 aromatic rings. The van der Waals surface area contributed by atoms with Gasteiger partial charge >= 0.3 is 0 Å². The molecule has 0 radical (unpaired) electrons. The lowest BCUT2D eigenvalue weighted by Crippen LogP contribution is -2.30. The van der Waals surface area contributed by atoms with Gasteiger partial charge in [0.2, 0.25) is 0 Å². The molecule has 3 atom stereocenters. The molecular weight excluding hydrogens is 453 g/mol. The van der Waals surface area contributed by atoms with Crippen LogP contribution in [-0.2, 0) is 6.42 Å². The molecule has 1 aliphatic heterocycles. The Kier molecular flexibility index (Phi) is 4.75. The van der Waals surface area contributed by atoms with Gasteiger partial charge in [-0.15, -0.1) is 0 Å². The first kappa shape index (κ1) is 20.4. The fourth-order valence-corrected chi connectivity index (χ4v) is 5.74. The van der Waals surface area contributed by atoms with Gasteiger partial charge in [-0.2, -0.15) is 0 Å². The van der Waals surface area contributed by atoms with Gasteiger partial charge < -0.3 is 15.5 Å². The Labute approximate surface area is 201 Å². The lowest BCUT2D eigenvalue weighted by Gasteiger charge is -2.37. The molecule has 4 N–H and O–H groups in total. The van der Waals surface area contributed by atoms with Crippen molar-refractivity contribution in [2.45, 2.75) is 18.4 Å². The number of hydrogen-bond donors (Lipinski definition) is 3. The summed E-state index contributed by atoms with van der Waals surface area (Å²) in [5.74, 6) is 2.11. The second-order valence-electron chi connectivity index (χ2n) is 8.71. The van der Waals surface area contributed by atoms with Gasteiger partial charge in [0.15, 0.2) is 0 Å². The third kappa shape index (κ3) is 3.33. The van der Waals surface area contributed by atoms with Crippen LogP contribution in [0.2, 0.25) is 10.0 Å². The second-order valence-corrected chi connectivity index (χ2v) is 9.55. The maximum Gasteiger partial charge on any atom is 0.135 e. The van der Waals surface area contributed by atoms with E-state index in [0.29, 0.717) is 15.8 Å². The van der Waals surface area contributed by atoms with Crippen molar-refractivity contribution in [3.8, 4) is 11.3 Å². The van der Waals surface area contributed by atoms with E-state index in [4.69, 9.17) is 38.8 Å². The number of anilines is 1. The summed E-state index contributed by atoms with van der Waals surface area (Å²) in [5, 5.41) is 12.8. The Hall–Kier alpha value is -3.21. The van der Waals surface area contributed by atoms with Crippen LogP contribution >= 0.6 is 23.2 Å². The minimum atomic E-state index is -0.00946. The molecule has 0 amide bonds. The van der Waals surface area contributed by atoms with Crippen LogP contribution in [0.15, 0.2) is 77.2 Å². The maximum absolute atomic E-state index is 7.90. The highest BCUT2D eigenvalue weighted by Crippen LogP contribution is 2.54. The van der Waals surface area contributed by atoms with Gasteiger partial charge in [-0.1, -0.05) is 47.5 Å². The zero-order valence-corrected chi connectivity index (χ0v) is 19.1. The van der Waals surface area contributed by atoms with E-state index in [-0.39, 0.29) is 23.7 Å². The van der Waals surface area contributed by atoms with Gasteiger partial charge in [-0.05, 0) is 71.6 Å². The van der Waals surface area contributed by atoms with Crippen LogP contribution in [0.4, 0.5) is 5.69 Å². The summed E-state index contributed by atoms with van der Waals surface area (Å²) in [6.45, 7) is 0. The van der Waals surface area contributed by atoms with Crippen LogP contribution in [0.5, 0.6) is 0 Å². The largest absolute Gasteiger partial charge is 0.459 e. The summed E-state index contributed by atoms with van der Waals surface area (Å²) in [6.07, 6.45) is 0.941. The Balaban J connectivity index is 1.45. The van der Waals surface area contributed by atoms with E-state index in [9.17, 15) is 0 Å². The van der Waals surface area contributed by atoms with Gasteiger partial charge in [-0.3, -0.25) is 5.41 Å². The van der Waals surface area contributed by atoms with Gasteiger partial charge in [0.05, 0.1) is 11.1 Å². The number of nitrogens with one attached hydrogen (secondary N) is 2. The molecule has 3 unspecified atom stereocenters. The van der Waals surface area contributed by atoms with E-state index in [1.165, 1.54) is 16.7 Å². The number of hydrogen-bond acceptors (Lipinski definition) is 3. The quantitative estimate of drug-likeness (QED) is 0.221. The Morgan fingerprint density at radius 1 is 0.970 bits per heavy atom. The first-order valence-electron chi connectivity index (χ1n) is 10.9. The average Bonchev–Trinajstić information content (AvgIpc) is 3.45. The number of rotatable bonds is 3. The number of fused-ring (bicyclic) bond motifs is 5. The molecule has 1 aromatic heterocycles. The van der Waals surface area contributed by atoms with E-state index in [2.05, 4.69) is 35.6 Å². The summed E-state index contributed by atoms with van der Waals surface area (Å²) in [4.78, 5) is 0. The number of amidine groups is 1. The summed E-state index contributed by atoms with van der Waals surface area (Å²) < 4.78 is 6.37. The minimum absolute atomic E-state index is 0.00946. The van der Waals surface area contributed by atoms with E-state index in [1.54, 1.807) is 12.1 Å². The van der Waals surface area contributed by atoms with Crippen molar-refractivity contribution in [3.63, 3.8) is 0 Å². The molecule has 0 saturated heterocycles. The molecule has 6 rings (SSSR count). The van der Waals surface area contributed by atoms with Gasteiger partial charge in [-0.25, -0.2) is 0 Å². The standard InChI is InChI=1S/C27H21Cl2N3O/c28-16-6-7-21(29)18(13-16)23-9-10-24(33-23)26-20-11-14-3-1-2-4-17(14)25(20)19-12-15(27(30)31)5-8-22(19)32-26/h1-10,12-13,20,25-26,32H,11H2,(H3,30,31). The Morgan fingerprint density at radius 3 is 2.67 bits per heavy atom. The second kappa shape index (κ2) is 7.68. The number of nitrogens with two attached hydrogens (primary N) is 1. The molecular formula is C27H21Cl2N3O. The third-order valence-electron chi connectivity index (χ3n) is 6.84. The van der Waals surface area contributed by atoms with E-state index >= 15 is 0 Å². The fraction of sp³-hybridized carbons (Fsp3) is 0.148. The van der Waals surface area contributed by atoms with Crippen molar-refractivity contribution < 1.29 is 4.42 Å². The summed E-state index contributed by atoms with van der Waals surface area (Å²) in [7, 11) is 0. The lowest BCUT2D eigenvalue weighted by molar-refractivity contribution is 0.364. The van der Waals surface area contributed by atoms with Crippen LogP contribution < -0.4 is 11.1 Å². The molecule has 1 aliphatic carbocycles. The van der Waals surface area contributed by atoms with Crippen LogP contribution in [0.1, 0.15) is 40.0 Å². The molecule has 2 aliphatic rings. The SMILES string of the molecule is N=C(N)c1ccc2c(c1)C1c3ccccc3CC1C(c1ccc(-c3cc(Cl)ccc3Cl)o1)N2. The monoisotopic (exact) mass is 473 g/mol. The first-order chi connectivity index (χ1) is 16.0. The first-order valence-corrected chi connectivity index (χ1v) is 11.6. The molecule has 164 valence electrons. The molecule has 0 fully saturated rings. The highest BCUT2D eigenvalue weighted by molar-refractivity contribution is 6.35. The summed E-state index contributed by atoms with van der Waals surface area (Å²) in [6, 6.07) is 23.9. The van der Waals surface area contributed by atoms with Gasteiger partial charge in [0.25, 0.3) is 0 Å². The zero-order chi connectivity index (χ0) is 22.7. The molecule has 33 heavy (non-hydrogen) atoms. The highest BCUT2D eigenvalue weighted by atomic mass is 35.5. The van der Waals surface area contributed by atoms with Gasteiger partial charge in [0, 0.05) is 33.7 Å². The van der Waals surface area contributed by atoms with Crippen molar-refractivity contribution in [1.29, 1.82) is 5.41 Å². The topological polar surface area (TPSA) is 75.0 Å². The van der Waals surface area contributed by atoms with Crippen LogP contribution in [0.3, 0.4) is 0 Å². The van der Waals surface area contributed by atoms with Crippen molar-refractivity contribution >= 4 is 34.7 Å². The average molecular weight is 474 g/mol. The highest BCUT2D eigenvalue weighted by Gasteiger charge is 2.44. The number of halogens is 2. The predicted molar refractivity (Wildman–Crippen MR) is 133 cm³/mol. The molecule has 2 heterocycles. The zero-order valence-electron chi connectivity index (χ0n) is 17.6. The maximum atomic E-state index is 7.90. The Bertz CT molecular complexity index is 1410. The van der Waals surface area contributed by atoms with Crippen molar-refractivity contribution in [3.05, 3.63) is 111 Å². The molecule has 3 aromatic carbocycles. The van der Waals surface area contributed by atoms with Crippen molar-refractivity contribution in [1.82, 2.24) is 0 Å². The summed E-state index contributed by atoms with van der Waals surface area (Å²) >= 11 is 12.6. The molecule has 4 nitrogen and oxygen atoms in total. The number of nitrogen functional groups attached to an aromatic ring is 1. The Morgan fingerprint density at radius 2 is 1.82 bits per heavy atom. The smallest absolute Gasteiger partial charge is 0.135 e. The van der Waals surface area contributed by atoms with E-state index in [0.717, 1.165) is 29.0 Å². The molecule has 0 spiro atoms. The number of furan rings is 1. The molecule has 0 saturated carbocycles. The van der Waals surface area contributed by atoms with Crippen LogP contribution in [-0.4, -0.2) is 5.84 Å². The van der Waals surface area contributed by atoms with Gasteiger partial charge in [0.1, 0.15) is 17.4 Å². The fourth-order valence-electron chi connectivity index (χ4n) is 5.36. The summed E-state index contributed by atoms with van der Waals surface area (Å²) in [5.41, 5.74) is 12.2. The predicted octanol–water partition coefficient (Wildman–Crippen LogP) is 7.01. The van der Waals surface area contributed by atoms with E-state index < -0.39 is 0 Å². The van der Waals surface area contributed by atoms with E-state index in [1.807, 2.05) is 30.3 Å². The molecule has 6 heteroatoms. The van der Waals surface area contributed by atoms with Crippen LogP contribution in [0, 0.1) is 11.3 Å². The number of benzene rings is 3. The lowest BCUT2D eigenvalue weighted by atomic mass is 9.76. The van der Waals surface area contributed by atoms with Crippen molar-refractivity contribution in [2.75, 3.05) is 5.32 Å². The third-order valence-corrected chi connectivity index (χ3v) is 7.40. The minimum Gasteiger partial charge on any atom is -0.459 e. The van der Waals surface area contributed by atoms with Crippen molar-refractivity contribution in [2.24, 2.45) is 11.7 Å².